The SMILES string of the molecule is Cc1nn(CCCNC(=O)c2ccc(COc3ccccc3Br)o2)c(C)c1Br. The molecule has 0 radical (unpaired) electrons. The van der Waals surface area contributed by atoms with Gasteiger partial charge in [0, 0.05) is 18.8 Å². The molecule has 1 aromatic carbocycles. The minimum Gasteiger partial charge on any atom is -0.484 e. The highest BCUT2D eigenvalue weighted by molar-refractivity contribution is 9.10. The Kier molecular flexibility index (Phi) is 6.96. The Morgan fingerprint density at radius 3 is 2.71 bits per heavy atom. The van der Waals surface area contributed by atoms with Crippen LogP contribution in [0.1, 0.15) is 34.1 Å². The Balaban J connectivity index is 1.45. The van der Waals surface area contributed by atoms with Crippen LogP contribution in [0.2, 0.25) is 0 Å². The standard InChI is InChI=1S/C20H21Br2N3O3/c1-13-19(22)14(2)25(24-13)11-5-10-23-20(26)18-9-8-15(28-18)12-27-17-7-4-3-6-16(17)21/h3-4,6-9H,5,10-12H2,1-2H3,(H,23,26). The molecule has 1 amide bonds. The smallest absolute Gasteiger partial charge is 0.286 e. The molecule has 3 rings (SSSR count). The maximum Gasteiger partial charge on any atom is 0.286 e. The lowest BCUT2D eigenvalue weighted by Crippen LogP contribution is -2.25. The summed E-state index contributed by atoms with van der Waals surface area (Å²) in [6.45, 7) is 5.51. The van der Waals surface area contributed by atoms with Crippen molar-refractivity contribution < 1.29 is 13.9 Å². The van der Waals surface area contributed by atoms with Crippen molar-refractivity contribution in [2.24, 2.45) is 0 Å². The topological polar surface area (TPSA) is 69.3 Å². The lowest BCUT2D eigenvalue weighted by Gasteiger charge is -2.06. The number of nitrogens with zero attached hydrogens (tertiary/aromatic N) is 2. The van der Waals surface area contributed by atoms with E-state index < -0.39 is 0 Å². The quantitative estimate of drug-likeness (QED) is 0.432. The number of para-hydroxylation sites is 1. The van der Waals surface area contributed by atoms with E-state index >= 15 is 0 Å². The van der Waals surface area contributed by atoms with Crippen LogP contribution in [0.5, 0.6) is 5.75 Å². The van der Waals surface area contributed by atoms with Gasteiger partial charge < -0.3 is 14.5 Å². The summed E-state index contributed by atoms with van der Waals surface area (Å²) in [5, 5.41) is 7.33. The molecule has 0 bridgehead atoms. The fourth-order valence-corrected chi connectivity index (χ4v) is 3.38. The highest BCUT2D eigenvalue weighted by Crippen LogP contribution is 2.25. The molecule has 0 saturated carbocycles. The molecule has 6 nitrogen and oxygen atoms in total. The first-order valence-electron chi connectivity index (χ1n) is 8.89. The van der Waals surface area contributed by atoms with Gasteiger partial charge in [0.25, 0.3) is 5.91 Å². The van der Waals surface area contributed by atoms with E-state index in [2.05, 4.69) is 42.3 Å². The van der Waals surface area contributed by atoms with E-state index in [0.29, 0.717) is 12.3 Å². The predicted octanol–water partition coefficient (Wildman–Crippen LogP) is 5.02. The van der Waals surface area contributed by atoms with Crippen LogP contribution in [0.15, 0.2) is 49.8 Å². The zero-order chi connectivity index (χ0) is 20.1. The van der Waals surface area contributed by atoms with Crippen LogP contribution >= 0.6 is 31.9 Å². The van der Waals surface area contributed by atoms with Crippen LogP contribution in [0, 0.1) is 13.8 Å². The van der Waals surface area contributed by atoms with Crippen molar-refractivity contribution in [1.29, 1.82) is 0 Å². The third-order valence-electron chi connectivity index (χ3n) is 4.22. The van der Waals surface area contributed by atoms with E-state index in [0.717, 1.165) is 39.0 Å². The summed E-state index contributed by atoms with van der Waals surface area (Å²) < 4.78 is 15.1. The van der Waals surface area contributed by atoms with Gasteiger partial charge in [0.15, 0.2) is 5.76 Å². The second-order valence-corrected chi connectivity index (χ2v) is 7.95. The van der Waals surface area contributed by atoms with Gasteiger partial charge in [-0.25, -0.2) is 0 Å². The van der Waals surface area contributed by atoms with Crippen molar-refractivity contribution in [3.8, 4) is 5.75 Å². The fourth-order valence-electron chi connectivity index (χ4n) is 2.70. The molecule has 0 unspecified atom stereocenters. The van der Waals surface area contributed by atoms with Crippen LogP contribution in [-0.2, 0) is 13.2 Å². The Morgan fingerprint density at radius 2 is 2.00 bits per heavy atom. The Bertz CT molecular complexity index is 966. The Labute approximate surface area is 180 Å². The van der Waals surface area contributed by atoms with Crippen molar-refractivity contribution in [3.05, 3.63) is 68.3 Å². The summed E-state index contributed by atoms with van der Waals surface area (Å²) in [6.07, 6.45) is 0.777. The zero-order valence-corrected chi connectivity index (χ0v) is 18.8. The number of hydrogen-bond acceptors (Lipinski definition) is 4. The number of benzene rings is 1. The summed E-state index contributed by atoms with van der Waals surface area (Å²) in [7, 11) is 0. The van der Waals surface area contributed by atoms with Crippen LogP contribution in [0.4, 0.5) is 0 Å². The largest absolute Gasteiger partial charge is 0.484 e. The normalized spacial score (nSPS) is 10.9. The molecule has 148 valence electrons. The molecular formula is C20H21Br2N3O3. The zero-order valence-electron chi connectivity index (χ0n) is 15.7. The summed E-state index contributed by atoms with van der Waals surface area (Å²) in [6, 6.07) is 11.0. The third kappa shape index (κ3) is 5.05. The molecule has 0 aliphatic heterocycles. The molecule has 28 heavy (non-hydrogen) atoms. The minimum absolute atomic E-state index is 0.235. The fraction of sp³-hybridized carbons (Fsp3) is 0.300. The lowest BCUT2D eigenvalue weighted by atomic mass is 10.3. The second kappa shape index (κ2) is 9.43. The van der Waals surface area contributed by atoms with Gasteiger partial charge in [0.05, 0.1) is 14.6 Å². The van der Waals surface area contributed by atoms with E-state index in [1.54, 1.807) is 12.1 Å². The van der Waals surface area contributed by atoms with E-state index in [-0.39, 0.29) is 18.3 Å². The number of carbonyl (C=O) groups is 1. The molecule has 2 heterocycles. The molecule has 0 fully saturated rings. The van der Waals surface area contributed by atoms with Gasteiger partial charge in [-0.15, -0.1) is 0 Å². The van der Waals surface area contributed by atoms with Gasteiger partial charge in [0.1, 0.15) is 18.1 Å². The summed E-state index contributed by atoms with van der Waals surface area (Å²) in [5.74, 6) is 1.36. The summed E-state index contributed by atoms with van der Waals surface area (Å²) >= 11 is 6.95. The van der Waals surface area contributed by atoms with Crippen LogP contribution in [0.3, 0.4) is 0 Å². The number of hydrogen-bond donors (Lipinski definition) is 1. The Morgan fingerprint density at radius 1 is 1.21 bits per heavy atom. The van der Waals surface area contributed by atoms with Gasteiger partial charge in [-0.2, -0.15) is 5.10 Å². The van der Waals surface area contributed by atoms with Gasteiger partial charge >= 0.3 is 0 Å². The number of amides is 1. The highest BCUT2D eigenvalue weighted by atomic mass is 79.9. The van der Waals surface area contributed by atoms with Gasteiger partial charge in [-0.3, -0.25) is 9.48 Å². The Hall–Kier alpha value is -2.06. The van der Waals surface area contributed by atoms with Crippen molar-refractivity contribution in [1.82, 2.24) is 15.1 Å². The molecule has 0 aliphatic rings. The van der Waals surface area contributed by atoms with Crippen LogP contribution in [-0.4, -0.2) is 22.2 Å². The lowest BCUT2D eigenvalue weighted by molar-refractivity contribution is 0.0920. The molecule has 0 atom stereocenters. The predicted molar refractivity (Wildman–Crippen MR) is 114 cm³/mol. The van der Waals surface area contributed by atoms with Gasteiger partial charge in [0.2, 0.25) is 0 Å². The molecule has 3 aromatic rings. The first-order valence-corrected chi connectivity index (χ1v) is 10.5. The number of nitrogens with one attached hydrogen (secondary N) is 1. The average Bonchev–Trinajstić information content (AvgIpc) is 3.25. The number of halogens is 2. The number of aryl methyl sites for hydroxylation is 2. The first kappa shape index (κ1) is 20.7. The first-order chi connectivity index (χ1) is 13.5. The van der Waals surface area contributed by atoms with Crippen molar-refractivity contribution in [3.63, 3.8) is 0 Å². The van der Waals surface area contributed by atoms with Crippen LogP contribution in [0.25, 0.3) is 0 Å². The summed E-state index contributed by atoms with van der Waals surface area (Å²) in [5.41, 5.74) is 2.05. The van der Waals surface area contributed by atoms with E-state index in [1.807, 2.05) is 42.8 Å². The maximum absolute atomic E-state index is 12.2. The number of rotatable bonds is 8. The second-order valence-electron chi connectivity index (χ2n) is 6.30. The molecule has 0 aliphatic carbocycles. The van der Waals surface area contributed by atoms with E-state index in [1.165, 1.54) is 0 Å². The number of ether oxygens (including phenoxy) is 1. The maximum atomic E-state index is 12.2. The molecular weight excluding hydrogens is 490 g/mol. The monoisotopic (exact) mass is 509 g/mol. The average molecular weight is 511 g/mol. The minimum atomic E-state index is -0.235. The number of carbonyl (C=O) groups excluding carboxylic acids is 1. The van der Waals surface area contributed by atoms with Crippen molar-refractivity contribution in [2.75, 3.05) is 6.54 Å². The molecule has 0 spiro atoms. The highest BCUT2D eigenvalue weighted by Gasteiger charge is 2.12. The summed E-state index contributed by atoms with van der Waals surface area (Å²) in [4.78, 5) is 12.2. The third-order valence-corrected chi connectivity index (χ3v) is 6.02. The molecule has 0 saturated heterocycles. The van der Waals surface area contributed by atoms with Crippen molar-refractivity contribution >= 4 is 37.8 Å². The number of furan rings is 1. The van der Waals surface area contributed by atoms with E-state index in [4.69, 9.17) is 9.15 Å². The van der Waals surface area contributed by atoms with Gasteiger partial charge in [-0.1, -0.05) is 12.1 Å². The molecule has 8 heteroatoms. The van der Waals surface area contributed by atoms with Crippen LogP contribution < -0.4 is 10.1 Å². The van der Waals surface area contributed by atoms with E-state index in [9.17, 15) is 4.79 Å². The van der Waals surface area contributed by atoms with Crippen molar-refractivity contribution in [2.45, 2.75) is 33.4 Å². The molecule has 1 N–H and O–H groups in total. The number of aromatic nitrogens is 2. The molecule has 2 aromatic heterocycles. The van der Waals surface area contributed by atoms with Gasteiger partial charge in [-0.05, 0) is 76.4 Å².